The number of esters is 1. The number of rotatable bonds is 4. The van der Waals surface area contributed by atoms with Crippen molar-refractivity contribution >= 4 is 23.3 Å². The van der Waals surface area contributed by atoms with Crippen LogP contribution < -0.4 is 9.64 Å². The number of Topliss-reactive ketones (excluding diaryl/α,β-unsaturated/α-hetero) is 1. The van der Waals surface area contributed by atoms with Crippen LogP contribution >= 0.6 is 0 Å². The Bertz CT molecular complexity index is 552. The number of nitrogens with zero attached hydrogens (tertiary/aromatic N) is 1. The molecule has 6 nitrogen and oxygen atoms in total. The van der Waals surface area contributed by atoms with Crippen LogP contribution in [0.15, 0.2) is 18.2 Å². The second-order valence-corrected chi connectivity index (χ2v) is 3.91. The molecule has 0 unspecified atom stereocenters. The van der Waals surface area contributed by atoms with E-state index in [2.05, 4.69) is 0 Å². The Morgan fingerprint density at radius 2 is 2.05 bits per heavy atom. The van der Waals surface area contributed by atoms with Crippen LogP contribution in [-0.4, -0.2) is 37.9 Å². The number of hydrogen-bond donors (Lipinski definition) is 0. The lowest BCUT2D eigenvalue weighted by atomic mass is 10.1. The molecule has 19 heavy (non-hydrogen) atoms. The van der Waals surface area contributed by atoms with E-state index in [1.807, 2.05) is 0 Å². The number of carbonyl (C=O) groups is 3. The molecule has 0 aliphatic carbocycles. The fraction of sp³-hybridized carbons (Fsp3) is 0.308. The Morgan fingerprint density at radius 3 is 2.68 bits per heavy atom. The maximum absolute atomic E-state index is 11.8. The van der Waals surface area contributed by atoms with Gasteiger partial charge < -0.3 is 9.47 Å². The second-order valence-electron chi connectivity index (χ2n) is 3.91. The van der Waals surface area contributed by atoms with E-state index in [1.54, 1.807) is 19.1 Å². The zero-order valence-electron chi connectivity index (χ0n) is 10.6. The number of anilines is 1. The molecule has 0 radical (unpaired) electrons. The largest absolute Gasteiger partial charge is 0.497 e. The first-order valence-corrected chi connectivity index (χ1v) is 5.78. The van der Waals surface area contributed by atoms with Gasteiger partial charge in [0.2, 0.25) is 0 Å². The van der Waals surface area contributed by atoms with Crippen molar-refractivity contribution in [2.45, 2.75) is 6.92 Å². The smallest absolute Gasteiger partial charge is 0.326 e. The minimum Gasteiger partial charge on any atom is -0.497 e. The van der Waals surface area contributed by atoms with E-state index >= 15 is 0 Å². The fourth-order valence-electron chi connectivity index (χ4n) is 1.90. The molecule has 0 atom stereocenters. The van der Waals surface area contributed by atoms with Gasteiger partial charge in [-0.1, -0.05) is 0 Å². The summed E-state index contributed by atoms with van der Waals surface area (Å²) < 4.78 is 9.78. The number of hydrogen-bond acceptors (Lipinski definition) is 5. The Balaban J connectivity index is 2.31. The van der Waals surface area contributed by atoms with Crippen molar-refractivity contribution in [3.63, 3.8) is 0 Å². The third-order valence-electron chi connectivity index (χ3n) is 2.77. The maximum Gasteiger partial charge on any atom is 0.326 e. The first kappa shape index (κ1) is 13.1. The molecule has 1 aliphatic heterocycles. The molecule has 1 aliphatic rings. The molecule has 0 spiro atoms. The first-order valence-electron chi connectivity index (χ1n) is 5.78. The third kappa shape index (κ3) is 2.29. The van der Waals surface area contributed by atoms with Gasteiger partial charge in [-0.05, 0) is 25.1 Å². The molecule has 100 valence electrons. The highest BCUT2D eigenvalue weighted by molar-refractivity contribution is 6.52. The van der Waals surface area contributed by atoms with Gasteiger partial charge in [0.25, 0.3) is 11.7 Å². The van der Waals surface area contributed by atoms with E-state index in [1.165, 1.54) is 13.2 Å². The summed E-state index contributed by atoms with van der Waals surface area (Å²) in [4.78, 5) is 36.2. The van der Waals surface area contributed by atoms with Crippen molar-refractivity contribution in [1.29, 1.82) is 0 Å². The molecule has 0 saturated heterocycles. The summed E-state index contributed by atoms with van der Waals surface area (Å²) in [5, 5.41) is 0. The van der Waals surface area contributed by atoms with Crippen LogP contribution in [0, 0.1) is 0 Å². The van der Waals surface area contributed by atoms with Crippen molar-refractivity contribution in [3.05, 3.63) is 23.8 Å². The number of ketones is 1. The van der Waals surface area contributed by atoms with Gasteiger partial charge in [0.1, 0.15) is 12.3 Å². The minimum absolute atomic E-state index is 0.226. The molecule has 0 bridgehead atoms. The van der Waals surface area contributed by atoms with Crippen LogP contribution in [0.4, 0.5) is 5.69 Å². The molecular weight excluding hydrogens is 250 g/mol. The number of benzene rings is 1. The van der Waals surface area contributed by atoms with E-state index in [4.69, 9.17) is 9.47 Å². The summed E-state index contributed by atoms with van der Waals surface area (Å²) in [6, 6.07) is 4.69. The summed E-state index contributed by atoms with van der Waals surface area (Å²) in [5.41, 5.74) is 0.650. The van der Waals surface area contributed by atoms with Gasteiger partial charge in [-0.15, -0.1) is 0 Å². The molecule has 1 aromatic rings. The highest BCUT2D eigenvalue weighted by atomic mass is 16.5. The summed E-state index contributed by atoms with van der Waals surface area (Å²) in [6.45, 7) is 1.63. The lowest BCUT2D eigenvalue weighted by Crippen LogP contribution is -2.35. The molecule has 1 amide bonds. The van der Waals surface area contributed by atoms with E-state index < -0.39 is 17.7 Å². The van der Waals surface area contributed by atoms with Gasteiger partial charge in [-0.3, -0.25) is 19.3 Å². The van der Waals surface area contributed by atoms with Gasteiger partial charge in [0.15, 0.2) is 0 Å². The predicted octanol–water partition coefficient (Wildman–Crippen LogP) is 0.788. The van der Waals surface area contributed by atoms with Crippen LogP contribution in [0.1, 0.15) is 17.3 Å². The van der Waals surface area contributed by atoms with E-state index in [9.17, 15) is 14.4 Å². The molecule has 6 heteroatoms. The number of methoxy groups -OCH3 is 1. The first-order chi connectivity index (χ1) is 9.08. The van der Waals surface area contributed by atoms with Gasteiger partial charge in [0, 0.05) is 0 Å². The molecule has 0 aromatic heterocycles. The Labute approximate surface area is 109 Å². The highest BCUT2D eigenvalue weighted by Gasteiger charge is 2.37. The van der Waals surface area contributed by atoms with Crippen molar-refractivity contribution < 1.29 is 23.9 Å². The topological polar surface area (TPSA) is 72.9 Å². The Morgan fingerprint density at radius 1 is 1.32 bits per heavy atom. The Hall–Kier alpha value is -2.37. The average Bonchev–Trinajstić information content (AvgIpc) is 2.64. The van der Waals surface area contributed by atoms with Crippen LogP contribution in [0.2, 0.25) is 0 Å². The summed E-state index contributed by atoms with van der Waals surface area (Å²) in [6.07, 6.45) is 0. The van der Waals surface area contributed by atoms with Gasteiger partial charge in [-0.2, -0.15) is 0 Å². The van der Waals surface area contributed by atoms with Crippen molar-refractivity contribution in [2.24, 2.45) is 0 Å². The molecule has 1 aromatic carbocycles. The monoisotopic (exact) mass is 263 g/mol. The molecule has 0 fully saturated rings. The van der Waals surface area contributed by atoms with Crippen LogP contribution in [0.25, 0.3) is 0 Å². The Kier molecular flexibility index (Phi) is 3.50. The van der Waals surface area contributed by atoms with Gasteiger partial charge >= 0.3 is 5.97 Å². The maximum atomic E-state index is 11.8. The van der Waals surface area contributed by atoms with Crippen molar-refractivity contribution in [1.82, 2.24) is 0 Å². The normalized spacial score (nSPS) is 13.5. The van der Waals surface area contributed by atoms with Crippen molar-refractivity contribution in [2.75, 3.05) is 25.2 Å². The standard InChI is InChI=1S/C13H13NO5/c1-3-19-11(15)7-14-10-5-4-8(18-2)6-9(10)12(16)13(14)17/h4-6H,3,7H2,1-2H3. The predicted molar refractivity (Wildman–Crippen MR) is 66.3 cm³/mol. The zero-order chi connectivity index (χ0) is 14.0. The number of fused-ring (bicyclic) bond motifs is 1. The van der Waals surface area contributed by atoms with Gasteiger partial charge in [-0.25, -0.2) is 0 Å². The summed E-state index contributed by atoms with van der Waals surface area (Å²) in [5.74, 6) is -1.43. The summed E-state index contributed by atoms with van der Waals surface area (Å²) >= 11 is 0. The second kappa shape index (κ2) is 5.09. The van der Waals surface area contributed by atoms with Crippen LogP contribution in [-0.2, 0) is 14.3 Å². The van der Waals surface area contributed by atoms with Gasteiger partial charge in [0.05, 0.1) is 25.0 Å². The molecular formula is C13H13NO5. The highest BCUT2D eigenvalue weighted by Crippen LogP contribution is 2.31. The molecule has 0 saturated carbocycles. The summed E-state index contributed by atoms with van der Waals surface area (Å²) in [7, 11) is 1.47. The lowest BCUT2D eigenvalue weighted by molar-refractivity contribution is -0.142. The van der Waals surface area contributed by atoms with E-state index in [-0.39, 0.29) is 18.7 Å². The molecule has 0 N–H and O–H groups in total. The quantitative estimate of drug-likeness (QED) is 0.593. The van der Waals surface area contributed by atoms with E-state index in [0.29, 0.717) is 11.4 Å². The molecule has 2 rings (SSSR count). The minimum atomic E-state index is -0.726. The zero-order valence-corrected chi connectivity index (χ0v) is 10.6. The number of carbonyl (C=O) groups excluding carboxylic acids is 3. The fourth-order valence-corrected chi connectivity index (χ4v) is 1.90. The van der Waals surface area contributed by atoms with Crippen LogP contribution in [0.3, 0.4) is 0 Å². The lowest BCUT2D eigenvalue weighted by Gasteiger charge is -2.15. The van der Waals surface area contributed by atoms with Crippen LogP contribution in [0.5, 0.6) is 5.75 Å². The number of amides is 1. The number of ether oxygens (including phenoxy) is 2. The molecule has 1 heterocycles. The average molecular weight is 263 g/mol. The SMILES string of the molecule is CCOC(=O)CN1C(=O)C(=O)c2cc(OC)ccc21. The third-order valence-corrected chi connectivity index (χ3v) is 2.77. The van der Waals surface area contributed by atoms with E-state index in [0.717, 1.165) is 4.90 Å². The van der Waals surface area contributed by atoms with Crippen molar-refractivity contribution in [3.8, 4) is 5.75 Å².